The molecule has 2 heterocycles. The lowest BCUT2D eigenvalue weighted by Gasteiger charge is -2.33. The highest BCUT2D eigenvalue weighted by Crippen LogP contribution is 2.38. The van der Waals surface area contributed by atoms with Crippen LogP contribution in [0.25, 0.3) is 10.8 Å². The maximum atomic E-state index is 12.9. The molecule has 1 atom stereocenters. The molecule has 0 saturated carbocycles. The van der Waals surface area contributed by atoms with Crippen LogP contribution in [0.4, 0.5) is 11.4 Å². The molecule has 0 saturated heterocycles. The van der Waals surface area contributed by atoms with Crippen LogP contribution in [0, 0.1) is 0 Å². The highest BCUT2D eigenvalue weighted by atomic mass is 35.5. The Kier molecular flexibility index (Phi) is 3.86. The minimum atomic E-state index is -2.03. The molecule has 26 heavy (non-hydrogen) atoms. The van der Waals surface area contributed by atoms with Crippen LogP contribution in [-0.4, -0.2) is 21.9 Å². The van der Waals surface area contributed by atoms with Crippen molar-refractivity contribution in [1.29, 1.82) is 0 Å². The second-order valence-corrected chi connectivity index (χ2v) is 6.57. The highest BCUT2D eigenvalue weighted by Gasteiger charge is 2.45. The smallest absolute Gasteiger partial charge is 0.261 e. The number of fused-ring (bicyclic) bond motifs is 2. The molecule has 3 aromatic rings. The largest absolute Gasteiger partial charge is 0.375 e. The normalized spacial score (nSPS) is 18.9. The average molecular weight is 368 g/mol. The van der Waals surface area contributed by atoms with Gasteiger partial charge in [0.05, 0.1) is 18.3 Å². The van der Waals surface area contributed by atoms with Gasteiger partial charge in [-0.25, -0.2) is 0 Å². The number of nitrogens with zero attached hydrogens (tertiary/aromatic N) is 1. The number of halogens is 1. The number of carbonyl (C=O) groups excluding carboxylic acids is 2. The number of nitrogens with one attached hydrogen (secondary N) is 2. The monoisotopic (exact) mass is 367 g/mol. The van der Waals surface area contributed by atoms with E-state index in [1.54, 1.807) is 18.3 Å². The summed E-state index contributed by atoms with van der Waals surface area (Å²) in [4.78, 5) is 29.1. The van der Waals surface area contributed by atoms with Crippen molar-refractivity contribution in [3.63, 3.8) is 0 Å². The molecule has 1 aromatic heterocycles. The first kappa shape index (κ1) is 16.5. The summed E-state index contributed by atoms with van der Waals surface area (Å²) >= 11 is 6.02. The minimum Gasteiger partial charge on any atom is -0.375 e. The summed E-state index contributed by atoms with van der Waals surface area (Å²) in [5, 5.41) is 18.4. The topological polar surface area (TPSA) is 91.3 Å². The molecule has 2 amide bonds. The molecule has 0 spiro atoms. The van der Waals surface area contributed by atoms with Gasteiger partial charge < -0.3 is 15.7 Å². The van der Waals surface area contributed by atoms with Crippen LogP contribution in [0.15, 0.2) is 54.9 Å². The summed E-state index contributed by atoms with van der Waals surface area (Å²) in [6.07, 6.45) is 2.79. The number of anilines is 2. The van der Waals surface area contributed by atoms with Crippen LogP contribution in [0.2, 0.25) is 5.02 Å². The van der Waals surface area contributed by atoms with Gasteiger partial charge >= 0.3 is 0 Å². The van der Waals surface area contributed by atoms with E-state index in [1.807, 2.05) is 24.3 Å². The number of pyridine rings is 1. The number of hydrogen-bond acceptors (Lipinski definition) is 4. The summed E-state index contributed by atoms with van der Waals surface area (Å²) in [6.45, 7) is 0. The first-order valence-electron chi connectivity index (χ1n) is 7.94. The van der Waals surface area contributed by atoms with E-state index in [0.717, 1.165) is 10.8 Å². The van der Waals surface area contributed by atoms with Crippen LogP contribution < -0.4 is 10.6 Å². The molecule has 1 unspecified atom stereocenters. The van der Waals surface area contributed by atoms with E-state index in [9.17, 15) is 14.7 Å². The van der Waals surface area contributed by atoms with Crippen LogP contribution in [0.3, 0.4) is 0 Å². The summed E-state index contributed by atoms with van der Waals surface area (Å²) in [7, 11) is 0. The Morgan fingerprint density at radius 3 is 2.88 bits per heavy atom. The second kappa shape index (κ2) is 6.09. The van der Waals surface area contributed by atoms with Crippen molar-refractivity contribution in [3.8, 4) is 0 Å². The first-order valence-corrected chi connectivity index (χ1v) is 8.32. The minimum absolute atomic E-state index is 0.260. The molecular weight excluding hydrogens is 354 g/mol. The molecule has 0 bridgehead atoms. The van der Waals surface area contributed by atoms with Crippen molar-refractivity contribution in [2.24, 2.45) is 0 Å². The number of aromatic nitrogens is 1. The lowest BCUT2D eigenvalue weighted by molar-refractivity contribution is -0.141. The van der Waals surface area contributed by atoms with Crippen molar-refractivity contribution in [2.75, 3.05) is 10.6 Å². The average Bonchev–Trinajstić information content (AvgIpc) is 2.62. The molecule has 1 aliphatic heterocycles. The number of amides is 2. The van der Waals surface area contributed by atoms with Crippen LogP contribution >= 0.6 is 11.6 Å². The summed E-state index contributed by atoms with van der Waals surface area (Å²) in [5.41, 5.74) is -0.954. The van der Waals surface area contributed by atoms with Gasteiger partial charge in [-0.2, -0.15) is 0 Å². The summed E-state index contributed by atoms with van der Waals surface area (Å²) in [5.74, 6) is -1.16. The lowest BCUT2D eigenvalue weighted by atomic mass is 9.85. The zero-order valence-electron chi connectivity index (χ0n) is 13.5. The van der Waals surface area contributed by atoms with E-state index in [2.05, 4.69) is 15.6 Å². The number of hydrogen-bond donors (Lipinski definition) is 3. The molecule has 7 heteroatoms. The molecule has 1 aliphatic rings. The van der Waals surface area contributed by atoms with Gasteiger partial charge in [0, 0.05) is 33.2 Å². The fourth-order valence-corrected chi connectivity index (χ4v) is 3.31. The Morgan fingerprint density at radius 1 is 1.23 bits per heavy atom. The standard InChI is InChI=1S/C19H14ClN3O3/c20-12-5-6-15-14(7-12)19(26,8-17(24)22-15)18(25)23-16-10-21-9-11-3-1-2-4-13(11)16/h1-7,9-10,26H,8H2,(H,22,24)(H,23,25). The second-order valence-electron chi connectivity index (χ2n) is 6.14. The maximum Gasteiger partial charge on any atom is 0.261 e. The Morgan fingerprint density at radius 2 is 2.04 bits per heavy atom. The van der Waals surface area contributed by atoms with E-state index in [1.165, 1.54) is 12.3 Å². The van der Waals surface area contributed by atoms with E-state index >= 15 is 0 Å². The third-order valence-electron chi connectivity index (χ3n) is 4.41. The molecule has 130 valence electrons. The lowest BCUT2D eigenvalue weighted by Crippen LogP contribution is -2.46. The van der Waals surface area contributed by atoms with Gasteiger partial charge in [0.2, 0.25) is 5.91 Å². The predicted octanol–water partition coefficient (Wildman–Crippen LogP) is 3.06. The van der Waals surface area contributed by atoms with Crippen LogP contribution in [0.5, 0.6) is 0 Å². The molecule has 4 rings (SSSR count). The van der Waals surface area contributed by atoms with Gasteiger partial charge in [-0.1, -0.05) is 35.9 Å². The van der Waals surface area contributed by atoms with Gasteiger partial charge in [-0.05, 0) is 18.2 Å². The summed E-state index contributed by atoms with van der Waals surface area (Å²) < 4.78 is 0. The molecule has 0 radical (unpaired) electrons. The van der Waals surface area contributed by atoms with Gasteiger partial charge in [-0.15, -0.1) is 0 Å². The predicted molar refractivity (Wildman–Crippen MR) is 99.0 cm³/mol. The van der Waals surface area contributed by atoms with E-state index in [4.69, 9.17) is 11.6 Å². The van der Waals surface area contributed by atoms with Crippen molar-refractivity contribution >= 4 is 45.6 Å². The Balaban J connectivity index is 1.76. The van der Waals surface area contributed by atoms with Crippen molar-refractivity contribution in [1.82, 2.24) is 4.98 Å². The molecule has 0 fully saturated rings. The Hall–Kier alpha value is -2.96. The summed E-state index contributed by atoms with van der Waals surface area (Å²) in [6, 6.07) is 12.1. The zero-order chi connectivity index (χ0) is 18.3. The fraction of sp³-hybridized carbons (Fsp3) is 0.105. The SMILES string of the molecule is O=C1CC(O)(C(=O)Nc2cncc3ccccc23)c2cc(Cl)ccc2N1. The van der Waals surface area contributed by atoms with Crippen LogP contribution in [0.1, 0.15) is 12.0 Å². The third kappa shape index (κ3) is 2.69. The van der Waals surface area contributed by atoms with Gasteiger partial charge in [0.25, 0.3) is 5.91 Å². The number of aliphatic hydroxyl groups is 1. The van der Waals surface area contributed by atoms with Gasteiger partial charge in [0.1, 0.15) is 0 Å². The quantitative estimate of drug-likeness (QED) is 0.649. The van der Waals surface area contributed by atoms with E-state index in [0.29, 0.717) is 16.4 Å². The van der Waals surface area contributed by atoms with E-state index < -0.39 is 23.8 Å². The van der Waals surface area contributed by atoms with Crippen molar-refractivity contribution < 1.29 is 14.7 Å². The molecule has 3 N–H and O–H groups in total. The van der Waals surface area contributed by atoms with Crippen molar-refractivity contribution in [3.05, 3.63) is 65.4 Å². The van der Waals surface area contributed by atoms with Gasteiger partial charge in [-0.3, -0.25) is 14.6 Å². The first-order chi connectivity index (χ1) is 12.5. The van der Waals surface area contributed by atoms with E-state index in [-0.39, 0.29) is 5.56 Å². The Labute approximate surface area is 153 Å². The molecular formula is C19H14ClN3O3. The third-order valence-corrected chi connectivity index (χ3v) is 4.64. The highest BCUT2D eigenvalue weighted by molar-refractivity contribution is 6.31. The van der Waals surface area contributed by atoms with Gasteiger partial charge in [0.15, 0.2) is 5.60 Å². The number of benzene rings is 2. The van der Waals surface area contributed by atoms with Crippen molar-refractivity contribution in [2.45, 2.75) is 12.0 Å². The number of rotatable bonds is 2. The molecule has 2 aromatic carbocycles. The fourth-order valence-electron chi connectivity index (χ4n) is 3.13. The Bertz CT molecular complexity index is 1050. The molecule has 6 nitrogen and oxygen atoms in total. The maximum absolute atomic E-state index is 12.9. The zero-order valence-corrected chi connectivity index (χ0v) is 14.2. The molecule has 0 aliphatic carbocycles. The number of carbonyl (C=O) groups is 2. The van der Waals surface area contributed by atoms with Crippen LogP contribution in [-0.2, 0) is 15.2 Å².